The van der Waals surface area contributed by atoms with Crippen LogP contribution in [0.15, 0.2) is 16.7 Å². The monoisotopic (exact) mass is 180 g/mol. The number of hydrogen-bond acceptors (Lipinski definition) is 3. The van der Waals surface area contributed by atoms with Crippen molar-refractivity contribution in [2.24, 2.45) is 0 Å². The summed E-state index contributed by atoms with van der Waals surface area (Å²) in [4.78, 5) is 10.4. The van der Waals surface area contributed by atoms with Gasteiger partial charge in [0.15, 0.2) is 12.0 Å². The van der Waals surface area contributed by atoms with E-state index >= 15 is 0 Å². The van der Waals surface area contributed by atoms with Crippen molar-refractivity contribution in [1.29, 1.82) is 0 Å². The fourth-order valence-electron chi connectivity index (χ4n) is 1.65. The first kappa shape index (κ1) is 8.51. The molecule has 1 saturated heterocycles. The van der Waals surface area contributed by atoms with Gasteiger partial charge < -0.3 is 9.15 Å². The molecule has 1 aromatic rings. The van der Waals surface area contributed by atoms with Crippen molar-refractivity contribution in [1.82, 2.24) is 0 Å². The van der Waals surface area contributed by atoms with Crippen LogP contribution in [0.25, 0.3) is 0 Å². The molecule has 3 nitrogen and oxygen atoms in total. The Labute approximate surface area is 76.7 Å². The SMILES string of the molecule is O=Cc1cc(C2CCCOC2)co1. The van der Waals surface area contributed by atoms with E-state index in [1.54, 1.807) is 12.3 Å². The predicted octanol–water partition coefficient (Wildman–Crippen LogP) is 1.99. The van der Waals surface area contributed by atoms with Gasteiger partial charge in [0.2, 0.25) is 0 Å². The zero-order chi connectivity index (χ0) is 9.10. The fourth-order valence-corrected chi connectivity index (χ4v) is 1.65. The van der Waals surface area contributed by atoms with Crippen LogP contribution in [0, 0.1) is 0 Å². The maximum atomic E-state index is 10.4. The van der Waals surface area contributed by atoms with Gasteiger partial charge in [0.05, 0.1) is 12.9 Å². The molecule has 0 bridgehead atoms. The Hall–Kier alpha value is -1.09. The minimum atomic E-state index is 0.403. The minimum Gasteiger partial charge on any atom is -0.461 e. The molecule has 0 aromatic carbocycles. The van der Waals surface area contributed by atoms with E-state index in [0.717, 1.165) is 37.9 Å². The van der Waals surface area contributed by atoms with Crippen LogP contribution < -0.4 is 0 Å². The van der Waals surface area contributed by atoms with Gasteiger partial charge in [-0.05, 0) is 24.5 Å². The third kappa shape index (κ3) is 1.80. The summed E-state index contributed by atoms with van der Waals surface area (Å²) >= 11 is 0. The van der Waals surface area contributed by atoms with Crippen molar-refractivity contribution in [2.75, 3.05) is 13.2 Å². The molecule has 2 rings (SSSR count). The first-order chi connectivity index (χ1) is 6.40. The van der Waals surface area contributed by atoms with Crippen LogP contribution in [0.1, 0.15) is 34.9 Å². The van der Waals surface area contributed by atoms with Crippen molar-refractivity contribution < 1.29 is 13.9 Å². The Balaban J connectivity index is 2.09. The molecule has 0 saturated carbocycles. The van der Waals surface area contributed by atoms with Crippen LogP contribution in [-0.2, 0) is 4.74 Å². The van der Waals surface area contributed by atoms with Gasteiger partial charge in [-0.25, -0.2) is 0 Å². The Morgan fingerprint density at radius 3 is 3.08 bits per heavy atom. The van der Waals surface area contributed by atoms with Crippen LogP contribution in [-0.4, -0.2) is 19.5 Å². The van der Waals surface area contributed by atoms with Crippen LogP contribution in [0.5, 0.6) is 0 Å². The number of hydrogen-bond donors (Lipinski definition) is 0. The maximum Gasteiger partial charge on any atom is 0.185 e. The lowest BCUT2D eigenvalue weighted by atomic mass is 9.96. The molecule has 13 heavy (non-hydrogen) atoms. The molecule has 2 heterocycles. The summed E-state index contributed by atoms with van der Waals surface area (Å²) in [5.74, 6) is 0.812. The van der Waals surface area contributed by atoms with Gasteiger partial charge in [-0.1, -0.05) is 0 Å². The van der Waals surface area contributed by atoms with Crippen molar-refractivity contribution in [3.8, 4) is 0 Å². The Kier molecular flexibility index (Phi) is 2.45. The van der Waals surface area contributed by atoms with Gasteiger partial charge in [-0.15, -0.1) is 0 Å². The quantitative estimate of drug-likeness (QED) is 0.653. The fraction of sp³-hybridized carbons (Fsp3) is 0.500. The number of furan rings is 1. The van der Waals surface area contributed by atoms with E-state index < -0.39 is 0 Å². The van der Waals surface area contributed by atoms with Crippen molar-refractivity contribution in [3.63, 3.8) is 0 Å². The molecule has 1 fully saturated rings. The van der Waals surface area contributed by atoms with Gasteiger partial charge in [0.25, 0.3) is 0 Å². The molecule has 0 N–H and O–H groups in total. The van der Waals surface area contributed by atoms with E-state index in [1.165, 1.54) is 0 Å². The molecule has 0 radical (unpaired) electrons. The Morgan fingerprint density at radius 1 is 1.54 bits per heavy atom. The standard InChI is InChI=1S/C10H12O3/c11-5-10-4-9(7-13-10)8-2-1-3-12-6-8/h4-5,7-8H,1-3,6H2. The summed E-state index contributed by atoms with van der Waals surface area (Å²) in [6, 6.07) is 1.80. The van der Waals surface area contributed by atoms with E-state index in [4.69, 9.17) is 9.15 Å². The molecule has 1 aromatic heterocycles. The van der Waals surface area contributed by atoms with Gasteiger partial charge in [0.1, 0.15) is 0 Å². The van der Waals surface area contributed by atoms with Crippen molar-refractivity contribution >= 4 is 6.29 Å². The smallest absolute Gasteiger partial charge is 0.185 e. The lowest BCUT2D eigenvalue weighted by Crippen LogP contribution is -2.14. The average Bonchev–Trinajstić information content (AvgIpc) is 2.67. The van der Waals surface area contributed by atoms with E-state index in [2.05, 4.69) is 0 Å². The van der Waals surface area contributed by atoms with Crippen molar-refractivity contribution in [3.05, 3.63) is 23.7 Å². The second-order valence-corrected chi connectivity index (χ2v) is 3.31. The second kappa shape index (κ2) is 3.75. The number of ether oxygens (including phenoxy) is 1. The first-order valence-electron chi connectivity index (χ1n) is 4.51. The Bertz CT molecular complexity index is 284. The van der Waals surface area contributed by atoms with Crippen LogP contribution >= 0.6 is 0 Å². The number of carbonyl (C=O) groups excluding carboxylic acids is 1. The Morgan fingerprint density at radius 2 is 2.46 bits per heavy atom. The molecule has 1 aliphatic rings. The predicted molar refractivity (Wildman–Crippen MR) is 46.9 cm³/mol. The van der Waals surface area contributed by atoms with Crippen LogP contribution in [0.3, 0.4) is 0 Å². The number of rotatable bonds is 2. The maximum absolute atomic E-state index is 10.4. The molecule has 1 atom stereocenters. The van der Waals surface area contributed by atoms with E-state index in [1.807, 2.05) is 0 Å². The van der Waals surface area contributed by atoms with E-state index in [9.17, 15) is 4.79 Å². The number of aldehydes is 1. The summed E-state index contributed by atoms with van der Waals surface area (Å²) in [7, 11) is 0. The third-order valence-electron chi connectivity index (χ3n) is 2.39. The molecular formula is C10H12O3. The molecular weight excluding hydrogens is 168 g/mol. The molecule has 0 amide bonds. The molecule has 3 heteroatoms. The minimum absolute atomic E-state index is 0.403. The zero-order valence-electron chi connectivity index (χ0n) is 7.36. The highest BCUT2D eigenvalue weighted by Gasteiger charge is 2.17. The molecule has 0 spiro atoms. The van der Waals surface area contributed by atoms with E-state index in [0.29, 0.717) is 11.7 Å². The van der Waals surface area contributed by atoms with Gasteiger partial charge in [-0.3, -0.25) is 4.79 Å². The van der Waals surface area contributed by atoms with Crippen LogP contribution in [0.4, 0.5) is 0 Å². The zero-order valence-corrected chi connectivity index (χ0v) is 7.36. The van der Waals surface area contributed by atoms with E-state index in [-0.39, 0.29) is 0 Å². The van der Waals surface area contributed by atoms with Crippen LogP contribution in [0.2, 0.25) is 0 Å². The molecule has 0 aliphatic carbocycles. The summed E-state index contributed by atoms with van der Waals surface area (Å²) in [6.45, 7) is 1.60. The third-order valence-corrected chi connectivity index (χ3v) is 2.39. The molecule has 1 unspecified atom stereocenters. The lowest BCUT2D eigenvalue weighted by Gasteiger charge is -2.20. The second-order valence-electron chi connectivity index (χ2n) is 3.31. The average molecular weight is 180 g/mol. The van der Waals surface area contributed by atoms with Gasteiger partial charge in [0, 0.05) is 12.5 Å². The first-order valence-corrected chi connectivity index (χ1v) is 4.51. The summed E-state index contributed by atoms with van der Waals surface area (Å²) in [6.07, 6.45) is 4.60. The highest BCUT2D eigenvalue weighted by Crippen LogP contribution is 2.26. The highest BCUT2D eigenvalue weighted by molar-refractivity contribution is 5.70. The van der Waals surface area contributed by atoms with Gasteiger partial charge in [-0.2, -0.15) is 0 Å². The molecule has 70 valence electrons. The summed E-state index contributed by atoms with van der Waals surface area (Å²) < 4.78 is 10.4. The lowest BCUT2D eigenvalue weighted by molar-refractivity contribution is 0.0803. The van der Waals surface area contributed by atoms with Crippen molar-refractivity contribution in [2.45, 2.75) is 18.8 Å². The number of carbonyl (C=O) groups is 1. The largest absolute Gasteiger partial charge is 0.461 e. The normalized spacial score (nSPS) is 22.9. The summed E-state index contributed by atoms with van der Waals surface area (Å²) in [5, 5.41) is 0. The molecule has 1 aliphatic heterocycles. The van der Waals surface area contributed by atoms with Gasteiger partial charge >= 0.3 is 0 Å². The summed E-state index contributed by atoms with van der Waals surface area (Å²) in [5.41, 5.74) is 1.09. The highest BCUT2D eigenvalue weighted by atomic mass is 16.5. The topological polar surface area (TPSA) is 39.4 Å².